The highest BCUT2D eigenvalue weighted by Crippen LogP contribution is 2.29. The fourth-order valence-corrected chi connectivity index (χ4v) is 3.03. The second-order valence-electron chi connectivity index (χ2n) is 6.14. The Balaban J connectivity index is 1.58. The Morgan fingerprint density at radius 2 is 2.00 bits per heavy atom. The van der Waals surface area contributed by atoms with E-state index in [0.717, 1.165) is 0 Å². The van der Waals surface area contributed by atoms with E-state index in [1.165, 1.54) is 22.1 Å². The van der Waals surface area contributed by atoms with E-state index in [4.69, 9.17) is 9.47 Å². The molecule has 2 amide bonds. The number of benzene rings is 1. The summed E-state index contributed by atoms with van der Waals surface area (Å²) < 4.78 is 24.5. The Kier molecular flexibility index (Phi) is 3.95. The van der Waals surface area contributed by atoms with Crippen molar-refractivity contribution in [2.24, 2.45) is 0 Å². The lowest BCUT2D eigenvalue weighted by Crippen LogP contribution is -2.24. The van der Waals surface area contributed by atoms with Gasteiger partial charge in [0.1, 0.15) is 24.3 Å². The number of rotatable bonds is 3. The second-order valence-corrected chi connectivity index (χ2v) is 6.14. The van der Waals surface area contributed by atoms with Crippen molar-refractivity contribution in [1.82, 2.24) is 4.98 Å². The van der Waals surface area contributed by atoms with Gasteiger partial charge in [0.25, 0.3) is 0 Å². The molecule has 4 rings (SSSR count). The van der Waals surface area contributed by atoms with Gasteiger partial charge in [0.15, 0.2) is 0 Å². The highest BCUT2D eigenvalue weighted by atomic mass is 19.1. The molecule has 0 bridgehead atoms. The number of hydrogen-bond donors (Lipinski definition) is 0. The summed E-state index contributed by atoms with van der Waals surface area (Å²) in [5, 5.41) is 0. The van der Waals surface area contributed by atoms with Gasteiger partial charge in [-0.3, -0.25) is 9.80 Å². The van der Waals surface area contributed by atoms with Gasteiger partial charge in [-0.1, -0.05) is 0 Å². The zero-order chi connectivity index (χ0) is 18.3. The molecule has 2 saturated heterocycles. The van der Waals surface area contributed by atoms with Crippen molar-refractivity contribution in [3.8, 4) is 11.1 Å². The molecule has 2 aliphatic rings. The predicted molar refractivity (Wildman–Crippen MR) is 91.6 cm³/mol. The van der Waals surface area contributed by atoms with Gasteiger partial charge in [-0.15, -0.1) is 0 Å². The van der Waals surface area contributed by atoms with Gasteiger partial charge in [0.05, 0.1) is 18.8 Å². The lowest BCUT2D eigenvalue weighted by atomic mass is 10.1. The van der Waals surface area contributed by atoms with Gasteiger partial charge >= 0.3 is 12.2 Å². The van der Waals surface area contributed by atoms with E-state index in [9.17, 15) is 14.0 Å². The smallest absolute Gasteiger partial charge is 0.415 e. The molecule has 1 aromatic carbocycles. The molecule has 3 heterocycles. The number of nitrogens with zero attached hydrogens (tertiary/aromatic N) is 3. The Hall–Kier alpha value is -3.16. The predicted octanol–water partition coefficient (Wildman–Crippen LogP) is 3.19. The summed E-state index contributed by atoms with van der Waals surface area (Å²) >= 11 is 0. The average molecular weight is 357 g/mol. The number of carbonyl (C=O) groups excluding carboxylic acids is 2. The van der Waals surface area contributed by atoms with Crippen molar-refractivity contribution in [1.29, 1.82) is 0 Å². The van der Waals surface area contributed by atoms with Crippen molar-refractivity contribution in [2.45, 2.75) is 13.0 Å². The third-order valence-corrected chi connectivity index (χ3v) is 4.32. The fourth-order valence-electron chi connectivity index (χ4n) is 3.03. The first-order chi connectivity index (χ1) is 12.5. The van der Waals surface area contributed by atoms with Gasteiger partial charge in [-0.2, -0.15) is 0 Å². The van der Waals surface area contributed by atoms with Crippen molar-refractivity contribution in [3.63, 3.8) is 0 Å². The van der Waals surface area contributed by atoms with Crippen LogP contribution in [0.3, 0.4) is 0 Å². The summed E-state index contributed by atoms with van der Waals surface area (Å²) in [5.41, 5.74) is 1.38. The number of ether oxygens (including phenoxy) is 2. The van der Waals surface area contributed by atoms with Crippen LogP contribution in [0, 0.1) is 5.82 Å². The molecule has 0 saturated carbocycles. The summed E-state index contributed by atoms with van der Waals surface area (Å²) in [6.45, 7) is 2.94. The summed E-state index contributed by atoms with van der Waals surface area (Å²) in [7, 11) is 0. The highest BCUT2D eigenvalue weighted by Gasteiger charge is 2.30. The molecule has 2 fully saturated rings. The van der Waals surface area contributed by atoms with Crippen LogP contribution in [0.25, 0.3) is 11.1 Å². The van der Waals surface area contributed by atoms with E-state index in [0.29, 0.717) is 42.3 Å². The molecule has 2 aromatic rings. The van der Waals surface area contributed by atoms with Crippen molar-refractivity contribution >= 4 is 23.7 Å². The van der Waals surface area contributed by atoms with Crippen LogP contribution < -0.4 is 9.80 Å². The average Bonchev–Trinajstić information content (AvgIpc) is 3.20. The van der Waals surface area contributed by atoms with E-state index >= 15 is 0 Å². The molecule has 0 aliphatic carbocycles. The third-order valence-electron chi connectivity index (χ3n) is 4.32. The first kappa shape index (κ1) is 16.3. The van der Waals surface area contributed by atoms with Crippen molar-refractivity contribution in [2.75, 3.05) is 29.5 Å². The standard InChI is InChI=1S/C18H16FN3O4/c1-11-10-22(18(24)26-11)13-3-4-14(15(19)8-13)12-2-5-16(20-9-12)21-6-7-25-17(21)23/h2-5,8-9,11H,6-7,10H2,1H3. The van der Waals surface area contributed by atoms with Crippen LogP contribution >= 0.6 is 0 Å². The maximum absolute atomic E-state index is 14.6. The monoisotopic (exact) mass is 357 g/mol. The summed E-state index contributed by atoms with van der Waals surface area (Å²) in [4.78, 5) is 30.4. The number of pyridine rings is 1. The lowest BCUT2D eigenvalue weighted by molar-refractivity contribution is 0.150. The van der Waals surface area contributed by atoms with E-state index in [2.05, 4.69) is 4.98 Å². The largest absolute Gasteiger partial charge is 0.447 e. The topological polar surface area (TPSA) is 72.0 Å². The molecule has 1 unspecified atom stereocenters. The van der Waals surface area contributed by atoms with Crippen LogP contribution in [0.5, 0.6) is 0 Å². The number of aromatic nitrogens is 1. The fraction of sp³-hybridized carbons (Fsp3) is 0.278. The number of halogens is 1. The normalized spacial score (nSPS) is 19.7. The first-order valence-corrected chi connectivity index (χ1v) is 8.21. The number of amides is 2. The van der Waals surface area contributed by atoms with E-state index < -0.39 is 18.0 Å². The summed E-state index contributed by atoms with van der Waals surface area (Å²) in [6.07, 6.45) is 0.366. The Labute approximate surface area is 148 Å². The van der Waals surface area contributed by atoms with E-state index in [-0.39, 0.29) is 6.10 Å². The summed E-state index contributed by atoms with van der Waals surface area (Å²) in [5.74, 6) is -0.00735. The second kappa shape index (κ2) is 6.29. The molecule has 26 heavy (non-hydrogen) atoms. The molecule has 1 atom stereocenters. The minimum atomic E-state index is -0.479. The van der Waals surface area contributed by atoms with Crippen molar-refractivity contribution in [3.05, 3.63) is 42.3 Å². The highest BCUT2D eigenvalue weighted by molar-refractivity contribution is 5.90. The van der Waals surface area contributed by atoms with Crippen LogP contribution in [0.2, 0.25) is 0 Å². The SMILES string of the molecule is CC1CN(c2ccc(-c3ccc(N4CCOC4=O)nc3)c(F)c2)C(=O)O1. The number of anilines is 2. The maximum atomic E-state index is 14.6. The Bertz CT molecular complexity index is 871. The molecule has 0 spiro atoms. The van der Waals surface area contributed by atoms with Crippen LogP contribution in [0.4, 0.5) is 25.5 Å². The third kappa shape index (κ3) is 2.83. The first-order valence-electron chi connectivity index (χ1n) is 8.21. The van der Waals surface area contributed by atoms with E-state index in [1.807, 2.05) is 0 Å². The molecular formula is C18H16FN3O4. The van der Waals surface area contributed by atoms with Gasteiger partial charge < -0.3 is 9.47 Å². The lowest BCUT2D eigenvalue weighted by Gasteiger charge is -2.15. The van der Waals surface area contributed by atoms with Crippen LogP contribution in [0.15, 0.2) is 36.5 Å². The minimum absolute atomic E-state index is 0.223. The van der Waals surface area contributed by atoms with Crippen LogP contribution in [-0.2, 0) is 9.47 Å². The number of hydrogen-bond acceptors (Lipinski definition) is 5. The molecule has 8 heteroatoms. The molecule has 1 aromatic heterocycles. The van der Waals surface area contributed by atoms with Gasteiger partial charge in [0, 0.05) is 17.3 Å². The molecule has 0 radical (unpaired) electrons. The minimum Gasteiger partial charge on any atom is -0.447 e. The molecule has 0 N–H and O–H groups in total. The van der Waals surface area contributed by atoms with Crippen molar-refractivity contribution < 1.29 is 23.5 Å². The van der Waals surface area contributed by atoms with Gasteiger partial charge in [0.2, 0.25) is 0 Å². The van der Waals surface area contributed by atoms with Crippen LogP contribution in [-0.4, -0.2) is 43.0 Å². The molecule has 2 aliphatic heterocycles. The number of cyclic esters (lactones) is 2. The molecular weight excluding hydrogens is 341 g/mol. The van der Waals surface area contributed by atoms with Gasteiger partial charge in [-0.05, 0) is 37.3 Å². The number of carbonyl (C=O) groups is 2. The zero-order valence-electron chi connectivity index (χ0n) is 14.0. The molecule has 134 valence electrons. The zero-order valence-corrected chi connectivity index (χ0v) is 14.0. The summed E-state index contributed by atoms with van der Waals surface area (Å²) in [6, 6.07) is 7.92. The quantitative estimate of drug-likeness (QED) is 0.844. The van der Waals surface area contributed by atoms with Crippen LogP contribution in [0.1, 0.15) is 6.92 Å². The van der Waals surface area contributed by atoms with E-state index in [1.54, 1.807) is 31.2 Å². The van der Waals surface area contributed by atoms with Gasteiger partial charge in [-0.25, -0.2) is 19.0 Å². The Morgan fingerprint density at radius 3 is 2.58 bits per heavy atom. The maximum Gasteiger partial charge on any atom is 0.415 e. The molecule has 7 nitrogen and oxygen atoms in total. The Morgan fingerprint density at radius 1 is 1.15 bits per heavy atom.